The predicted molar refractivity (Wildman–Crippen MR) is 216 cm³/mol. The number of rotatable bonds is 24. The van der Waals surface area contributed by atoms with Crippen molar-refractivity contribution >= 4 is 51.5 Å². The van der Waals surface area contributed by atoms with E-state index in [-0.39, 0.29) is 74.9 Å². The molecule has 2 aromatic rings. The van der Waals surface area contributed by atoms with Crippen molar-refractivity contribution in [2.24, 2.45) is 17.6 Å². The Morgan fingerprint density at radius 3 is 1.98 bits per heavy atom. The van der Waals surface area contributed by atoms with Gasteiger partial charge in [0, 0.05) is 44.0 Å². The van der Waals surface area contributed by atoms with Crippen LogP contribution in [-0.2, 0) is 46.9 Å². The Kier molecular flexibility index (Phi) is 19.9. The lowest BCUT2D eigenvalue weighted by Gasteiger charge is -2.26. The zero-order chi connectivity index (χ0) is 44.3. The Labute approximate surface area is 344 Å². The van der Waals surface area contributed by atoms with E-state index in [9.17, 15) is 47.3 Å². The van der Waals surface area contributed by atoms with E-state index >= 15 is 0 Å². The minimum absolute atomic E-state index is 0.0548. The average molecular weight is 849 g/mol. The summed E-state index contributed by atoms with van der Waals surface area (Å²) in [6.07, 6.45) is 0.182. The number of ether oxygens (including phenoxy) is 3. The van der Waals surface area contributed by atoms with Crippen LogP contribution in [0.5, 0.6) is 5.75 Å². The molecular formula is C39H56N6O13S. The molecule has 0 aliphatic carbocycles. The summed E-state index contributed by atoms with van der Waals surface area (Å²) in [5.74, 6) is -2.71. The Bertz CT molecular complexity index is 1860. The minimum atomic E-state index is -3.81. The summed E-state index contributed by atoms with van der Waals surface area (Å²) in [5, 5.41) is 18.6. The average Bonchev–Trinajstić information content (AvgIpc) is 3.12. The Morgan fingerprint density at radius 2 is 1.42 bits per heavy atom. The standard InChI is InChI=1S/C39H56N6O13S/c1-25(2)30(23-34(47)32(44-59(6,54)55)10-7-8-20-42-37(50)58-39(3,4)5)35(48)43-31(11-9-21-41-36(40)49)33(46)22-26-12-14-27(15-13-26)24-56-38(51)57-29-18-16-28(17-19-29)45(52)53/h12-19,25,30-32,44H,7-11,20-24H2,1-6H3,(H,42,50)(H,43,48)(H3,40,41,49)/t30-,31-,32-/m0/s1. The van der Waals surface area contributed by atoms with Crippen molar-refractivity contribution in [2.75, 3.05) is 19.3 Å². The molecule has 0 aromatic heterocycles. The highest BCUT2D eigenvalue weighted by atomic mass is 32.2. The molecule has 19 nitrogen and oxygen atoms in total. The predicted octanol–water partition coefficient (Wildman–Crippen LogP) is 4.20. The molecule has 6 N–H and O–H groups in total. The summed E-state index contributed by atoms with van der Waals surface area (Å²) >= 11 is 0. The van der Waals surface area contributed by atoms with E-state index in [0.29, 0.717) is 24.0 Å². The van der Waals surface area contributed by atoms with Gasteiger partial charge in [-0.3, -0.25) is 24.5 Å². The molecule has 0 bridgehead atoms. The largest absolute Gasteiger partial charge is 0.514 e. The monoisotopic (exact) mass is 848 g/mol. The molecule has 0 saturated carbocycles. The van der Waals surface area contributed by atoms with Gasteiger partial charge in [0.15, 0.2) is 11.6 Å². The summed E-state index contributed by atoms with van der Waals surface area (Å²) in [5.41, 5.74) is 5.47. The number of carbonyl (C=O) groups excluding carboxylic acids is 6. The maximum Gasteiger partial charge on any atom is 0.514 e. The Hall–Kier alpha value is -5.63. The molecule has 0 saturated heterocycles. The number of nitro benzene ring substituents is 1. The van der Waals surface area contributed by atoms with E-state index in [2.05, 4.69) is 20.7 Å². The second kappa shape index (κ2) is 23.7. The molecule has 326 valence electrons. The molecule has 2 rings (SSSR count). The molecule has 0 aliphatic rings. The number of sulfonamides is 1. The van der Waals surface area contributed by atoms with Crippen LogP contribution in [0, 0.1) is 22.0 Å². The third-order valence-electron chi connectivity index (χ3n) is 8.58. The number of nitro groups is 1. The topological polar surface area (TPSA) is 282 Å². The van der Waals surface area contributed by atoms with E-state index in [4.69, 9.17) is 19.9 Å². The zero-order valence-corrected chi connectivity index (χ0v) is 35.1. The summed E-state index contributed by atoms with van der Waals surface area (Å²) in [6, 6.07) is 8.51. The molecule has 59 heavy (non-hydrogen) atoms. The van der Waals surface area contributed by atoms with Gasteiger partial charge < -0.3 is 35.9 Å². The van der Waals surface area contributed by atoms with Gasteiger partial charge in [-0.15, -0.1) is 0 Å². The number of non-ortho nitro benzene ring substituents is 1. The normalized spacial score (nSPS) is 13.0. The quantitative estimate of drug-likeness (QED) is 0.0326. The molecule has 4 amide bonds. The van der Waals surface area contributed by atoms with Crippen LogP contribution in [0.3, 0.4) is 0 Å². The van der Waals surface area contributed by atoms with Crippen molar-refractivity contribution in [1.29, 1.82) is 0 Å². The number of nitrogens with two attached hydrogens (primary N) is 1. The fourth-order valence-electron chi connectivity index (χ4n) is 5.60. The van der Waals surface area contributed by atoms with Crippen molar-refractivity contribution < 1.29 is 56.3 Å². The molecule has 0 aliphatic heterocycles. The van der Waals surface area contributed by atoms with E-state index in [1.807, 2.05) is 0 Å². The van der Waals surface area contributed by atoms with Gasteiger partial charge in [0.05, 0.1) is 23.3 Å². The highest BCUT2D eigenvalue weighted by molar-refractivity contribution is 7.88. The molecular weight excluding hydrogens is 793 g/mol. The van der Waals surface area contributed by atoms with Crippen molar-refractivity contribution in [2.45, 2.75) is 104 Å². The maximum absolute atomic E-state index is 13.8. The number of carbonyl (C=O) groups is 6. The van der Waals surface area contributed by atoms with E-state index in [1.54, 1.807) is 58.9 Å². The number of urea groups is 1. The van der Waals surface area contributed by atoms with E-state index < -0.39 is 68.5 Å². The van der Waals surface area contributed by atoms with Crippen LogP contribution in [0.4, 0.5) is 20.1 Å². The number of hydrogen-bond donors (Lipinski definition) is 5. The van der Waals surface area contributed by atoms with Crippen LogP contribution in [0.25, 0.3) is 0 Å². The Balaban J connectivity index is 2.08. The van der Waals surface area contributed by atoms with Crippen LogP contribution >= 0.6 is 0 Å². The molecule has 3 atom stereocenters. The van der Waals surface area contributed by atoms with Crippen molar-refractivity contribution in [3.05, 3.63) is 69.8 Å². The number of Topliss-reactive ketones (excluding diaryl/α,β-unsaturated/α-hetero) is 2. The van der Waals surface area contributed by atoms with Crippen molar-refractivity contribution in [3.8, 4) is 5.75 Å². The second-order valence-electron chi connectivity index (χ2n) is 15.2. The number of nitrogens with zero attached hydrogens (tertiary/aromatic N) is 1. The molecule has 0 unspecified atom stereocenters. The SMILES string of the molecule is CC(C)[C@H](CC(=O)[C@H](CCCCNC(=O)OC(C)(C)C)NS(C)(=O)=O)C(=O)N[C@@H](CCCNC(N)=O)C(=O)Cc1ccc(COC(=O)Oc2ccc([N+](=O)[O-])cc2)cc1. The number of hydrogen-bond acceptors (Lipinski definition) is 13. The fourth-order valence-corrected chi connectivity index (χ4v) is 6.37. The number of unbranched alkanes of at least 4 members (excludes halogenated alkanes) is 1. The number of primary amides is 1. The highest BCUT2D eigenvalue weighted by Gasteiger charge is 2.32. The van der Waals surface area contributed by atoms with Crippen LogP contribution in [-0.4, -0.2) is 86.1 Å². The lowest BCUT2D eigenvalue weighted by atomic mass is 9.86. The molecule has 20 heteroatoms. The summed E-state index contributed by atoms with van der Waals surface area (Å²) in [6.45, 7) is 8.84. The number of alkyl carbamates (subject to hydrolysis) is 1. The minimum Gasteiger partial charge on any atom is -0.444 e. The molecule has 2 aromatic carbocycles. The number of amides is 4. The van der Waals surface area contributed by atoms with Crippen molar-refractivity contribution in [1.82, 2.24) is 20.7 Å². The van der Waals surface area contributed by atoms with Gasteiger partial charge in [0.25, 0.3) is 5.69 Å². The first-order valence-electron chi connectivity index (χ1n) is 19.0. The third kappa shape index (κ3) is 20.6. The Morgan fingerprint density at radius 1 is 0.831 bits per heavy atom. The van der Waals surface area contributed by atoms with Crippen LogP contribution in [0.1, 0.15) is 84.3 Å². The van der Waals surface area contributed by atoms with Gasteiger partial charge in [-0.05, 0) is 82.1 Å². The summed E-state index contributed by atoms with van der Waals surface area (Å²) < 4.78 is 42.1. The maximum atomic E-state index is 13.8. The summed E-state index contributed by atoms with van der Waals surface area (Å²) in [7, 11) is -3.81. The molecule has 0 spiro atoms. The van der Waals surface area contributed by atoms with Gasteiger partial charge >= 0.3 is 18.3 Å². The van der Waals surface area contributed by atoms with Crippen LogP contribution in [0.15, 0.2) is 48.5 Å². The van der Waals surface area contributed by atoms with E-state index in [1.165, 1.54) is 24.3 Å². The fraction of sp³-hybridized carbons (Fsp3) is 0.538. The molecule has 0 fully saturated rings. The number of benzene rings is 2. The number of ketones is 2. The first-order valence-corrected chi connectivity index (χ1v) is 20.9. The molecule has 0 radical (unpaired) electrons. The van der Waals surface area contributed by atoms with Gasteiger partial charge in [0.2, 0.25) is 15.9 Å². The van der Waals surface area contributed by atoms with Gasteiger partial charge in [-0.25, -0.2) is 27.5 Å². The first kappa shape index (κ1) is 49.5. The van der Waals surface area contributed by atoms with Gasteiger partial charge in [-0.2, -0.15) is 0 Å². The highest BCUT2D eigenvalue weighted by Crippen LogP contribution is 2.21. The van der Waals surface area contributed by atoms with Crippen LogP contribution in [0.2, 0.25) is 0 Å². The van der Waals surface area contributed by atoms with Gasteiger partial charge in [0.1, 0.15) is 18.0 Å². The second-order valence-corrected chi connectivity index (χ2v) is 17.0. The lowest BCUT2D eigenvalue weighted by Crippen LogP contribution is -2.47. The smallest absolute Gasteiger partial charge is 0.444 e. The molecule has 0 heterocycles. The third-order valence-corrected chi connectivity index (χ3v) is 9.29. The lowest BCUT2D eigenvalue weighted by molar-refractivity contribution is -0.384. The van der Waals surface area contributed by atoms with Crippen LogP contribution < -0.4 is 31.1 Å². The van der Waals surface area contributed by atoms with Crippen molar-refractivity contribution in [3.63, 3.8) is 0 Å². The van der Waals surface area contributed by atoms with E-state index in [0.717, 1.165) is 6.26 Å². The van der Waals surface area contributed by atoms with Gasteiger partial charge in [-0.1, -0.05) is 38.1 Å². The number of nitrogens with one attached hydrogen (secondary N) is 4. The zero-order valence-electron chi connectivity index (χ0n) is 34.2. The first-order chi connectivity index (χ1) is 27.5. The summed E-state index contributed by atoms with van der Waals surface area (Å²) in [4.78, 5) is 86.5.